The molecule has 3 heterocycles. The van der Waals surface area contributed by atoms with Crippen LogP contribution in [0.1, 0.15) is 22.5 Å². The van der Waals surface area contributed by atoms with E-state index in [0.29, 0.717) is 0 Å². The molecule has 25 heavy (non-hydrogen) atoms. The lowest BCUT2D eigenvalue weighted by molar-refractivity contribution is 0.768. The van der Waals surface area contributed by atoms with E-state index in [9.17, 15) is 0 Å². The molecule has 0 aliphatic carbocycles. The van der Waals surface area contributed by atoms with Crippen LogP contribution in [0.2, 0.25) is 5.02 Å². The summed E-state index contributed by atoms with van der Waals surface area (Å²) in [6.45, 7) is 4.18. The number of fused-ring (bicyclic) bond motifs is 1. The predicted octanol–water partition coefficient (Wildman–Crippen LogP) is 4.60. The Morgan fingerprint density at radius 3 is 2.64 bits per heavy atom. The van der Waals surface area contributed by atoms with Gasteiger partial charge in [0.15, 0.2) is 0 Å². The van der Waals surface area contributed by atoms with Gasteiger partial charge in [0.2, 0.25) is 0 Å². The Bertz CT molecular complexity index is 1070. The molecule has 4 rings (SSSR count). The summed E-state index contributed by atoms with van der Waals surface area (Å²) in [6, 6.07) is 10.2. The lowest BCUT2D eigenvalue weighted by Crippen LogP contribution is -1.99. The third-order valence-corrected chi connectivity index (χ3v) is 4.86. The van der Waals surface area contributed by atoms with Crippen molar-refractivity contribution in [2.75, 3.05) is 0 Å². The zero-order valence-electron chi connectivity index (χ0n) is 14.5. The zero-order chi connectivity index (χ0) is 17.6. The minimum atomic E-state index is 0.767. The predicted molar refractivity (Wildman–Crippen MR) is 101 cm³/mol. The number of rotatable bonds is 3. The van der Waals surface area contributed by atoms with E-state index < -0.39 is 0 Å². The molecule has 4 nitrogen and oxygen atoms in total. The zero-order valence-corrected chi connectivity index (χ0v) is 15.2. The second kappa shape index (κ2) is 6.05. The fourth-order valence-corrected chi connectivity index (χ4v) is 3.37. The van der Waals surface area contributed by atoms with Gasteiger partial charge in [0.05, 0.1) is 11.9 Å². The van der Waals surface area contributed by atoms with Gasteiger partial charge in [-0.05, 0) is 49.2 Å². The van der Waals surface area contributed by atoms with E-state index in [-0.39, 0.29) is 0 Å². The summed E-state index contributed by atoms with van der Waals surface area (Å²) in [5.41, 5.74) is 7.88. The highest BCUT2D eigenvalue weighted by atomic mass is 35.5. The van der Waals surface area contributed by atoms with Crippen LogP contribution in [-0.2, 0) is 13.5 Å². The highest BCUT2D eigenvalue weighted by Gasteiger charge is 2.12. The lowest BCUT2D eigenvalue weighted by atomic mass is 10.0. The van der Waals surface area contributed by atoms with Gasteiger partial charge in [-0.15, -0.1) is 0 Å². The van der Waals surface area contributed by atoms with Crippen LogP contribution in [-0.4, -0.2) is 19.2 Å². The molecule has 1 aromatic carbocycles. The lowest BCUT2D eigenvalue weighted by Gasteiger charge is -2.08. The van der Waals surface area contributed by atoms with Crippen molar-refractivity contribution in [3.8, 4) is 11.1 Å². The molecule has 0 saturated heterocycles. The molecule has 3 aromatic heterocycles. The van der Waals surface area contributed by atoms with Gasteiger partial charge >= 0.3 is 0 Å². The van der Waals surface area contributed by atoms with E-state index in [1.54, 1.807) is 0 Å². The van der Waals surface area contributed by atoms with Gasteiger partial charge in [0.25, 0.3) is 0 Å². The molecular weight excluding hydrogens is 332 g/mol. The number of benzene rings is 1. The Morgan fingerprint density at radius 2 is 1.88 bits per heavy atom. The molecule has 0 saturated carbocycles. The Labute approximate surface area is 151 Å². The molecule has 0 bridgehead atoms. The molecule has 0 radical (unpaired) electrons. The molecule has 126 valence electrons. The van der Waals surface area contributed by atoms with E-state index in [0.717, 1.165) is 33.9 Å². The SMILES string of the molecule is Cc1ccc(Cl)cc1Cc1c(C)nc2ccc(-c3cnn(C)c3)cn12. The van der Waals surface area contributed by atoms with Gasteiger partial charge in [0, 0.05) is 47.7 Å². The van der Waals surface area contributed by atoms with Gasteiger partial charge in [0.1, 0.15) is 5.65 Å². The van der Waals surface area contributed by atoms with E-state index in [1.807, 2.05) is 36.3 Å². The fraction of sp³-hybridized carbons (Fsp3) is 0.200. The quantitative estimate of drug-likeness (QED) is 0.541. The first kappa shape index (κ1) is 15.9. The van der Waals surface area contributed by atoms with Crippen molar-refractivity contribution in [2.24, 2.45) is 7.05 Å². The van der Waals surface area contributed by atoms with E-state index >= 15 is 0 Å². The third kappa shape index (κ3) is 2.94. The minimum Gasteiger partial charge on any atom is -0.303 e. The average Bonchev–Trinajstić information content (AvgIpc) is 3.14. The van der Waals surface area contributed by atoms with Crippen molar-refractivity contribution in [2.45, 2.75) is 20.3 Å². The minimum absolute atomic E-state index is 0.767. The molecule has 0 amide bonds. The Morgan fingerprint density at radius 1 is 1.04 bits per heavy atom. The van der Waals surface area contributed by atoms with Crippen molar-refractivity contribution in [1.82, 2.24) is 19.2 Å². The van der Waals surface area contributed by atoms with Crippen molar-refractivity contribution in [1.29, 1.82) is 0 Å². The third-order valence-electron chi connectivity index (χ3n) is 4.62. The molecule has 0 aliphatic heterocycles. The summed E-state index contributed by atoms with van der Waals surface area (Å²) in [5.74, 6) is 0. The topological polar surface area (TPSA) is 35.1 Å². The Hall–Kier alpha value is -2.59. The maximum absolute atomic E-state index is 6.19. The van der Waals surface area contributed by atoms with Gasteiger partial charge in [-0.25, -0.2) is 4.98 Å². The molecule has 0 N–H and O–H groups in total. The Kier molecular flexibility index (Phi) is 3.85. The van der Waals surface area contributed by atoms with Gasteiger partial charge < -0.3 is 4.40 Å². The highest BCUT2D eigenvalue weighted by molar-refractivity contribution is 6.30. The summed E-state index contributed by atoms with van der Waals surface area (Å²) >= 11 is 6.19. The molecule has 0 spiro atoms. The number of hydrogen-bond acceptors (Lipinski definition) is 2. The average molecular weight is 351 g/mol. The molecule has 4 aromatic rings. The van der Waals surface area contributed by atoms with E-state index in [4.69, 9.17) is 16.6 Å². The van der Waals surface area contributed by atoms with E-state index in [1.165, 1.54) is 16.8 Å². The summed E-state index contributed by atoms with van der Waals surface area (Å²) in [6.07, 6.45) is 6.84. The second-order valence-electron chi connectivity index (χ2n) is 6.44. The molecule has 5 heteroatoms. The maximum atomic E-state index is 6.19. The van der Waals surface area contributed by atoms with Crippen LogP contribution in [0.4, 0.5) is 0 Å². The van der Waals surface area contributed by atoms with Crippen molar-refractivity contribution in [3.05, 3.63) is 76.5 Å². The first-order chi connectivity index (χ1) is 12.0. The fourth-order valence-electron chi connectivity index (χ4n) is 3.18. The maximum Gasteiger partial charge on any atom is 0.137 e. The number of nitrogens with zero attached hydrogens (tertiary/aromatic N) is 4. The second-order valence-corrected chi connectivity index (χ2v) is 6.88. The molecular formula is C20H19ClN4. The van der Waals surface area contributed by atoms with E-state index in [2.05, 4.69) is 47.7 Å². The van der Waals surface area contributed by atoms with Crippen LogP contribution in [0.25, 0.3) is 16.8 Å². The number of halogens is 1. The van der Waals surface area contributed by atoms with Gasteiger partial charge in [-0.1, -0.05) is 17.7 Å². The van der Waals surface area contributed by atoms with Crippen LogP contribution in [0.15, 0.2) is 48.9 Å². The van der Waals surface area contributed by atoms with Crippen molar-refractivity contribution < 1.29 is 0 Å². The van der Waals surface area contributed by atoms with Crippen LogP contribution >= 0.6 is 11.6 Å². The largest absolute Gasteiger partial charge is 0.303 e. The van der Waals surface area contributed by atoms with Crippen LogP contribution < -0.4 is 0 Å². The molecule has 0 atom stereocenters. The summed E-state index contributed by atoms with van der Waals surface area (Å²) < 4.78 is 3.99. The summed E-state index contributed by atoms with van der Waals surface area (Å²) in [4.78, 5) is 4.71. The number of aryl methyl sites for hydroxylation is 3. The van der Waals surface area contributed by atoms with Crippen LogP contribution in [0.5, 0.6) is 0 Å². The van der Waals surface area contributed by atoms with Crippen LogP contribution in [0, 0.1) is 13.8 Å². The first-order valence-electron chi connectivity index (χ1n) is 8.23. The number of aromatic nitrogens is 4. The number of imidazole rings is 1. The van der Waals surface area contributed by atoms with Crippen molar-refractivity contribution >= 4 is 17.2 Å². The first-order valence-corrected chi connectivity index (χ1v) is 8.61. The summed E-state index contributed by atoms with van der Waals surface area (Å²) in [5, 5.41) is 5.03. The van der Waals surface area contributed by atoms with Crippen LogP contribution in [0.3, 0.4) is 0 Å². The number of pyridine rings is 1. The molecule has 0 aliphatic rings. The molecule has 0 fully saturated rings. The summed E-state index contributed by atoms with van der Waals surface area (Å²) in [7, 11) is 1.93. The monoisotopic (exact) mass is 350 g/mol. The van der Waals surface area contributed by atoms with Gasteiger partial charge in [-0.2, -0.15) is 5.10 Å². The highest BCUT2D eigenvalue weighted by Crippen LogP contribution is 2.24. The Balaban J connectivity index is 1.82. The smallest absolute Gasteiger partial charge is 0.137 e. The normalized spacial score (nSPS) is 11.4. The number of hydrogen-bond donors (Lipinski definition) is 0. The van der Waals surface area contributed by atoms with Crippen molar-refractivity contribution in [3.63, 3.8) is 0 Å². The standard InChI is InChI=1S/C20H19ClN4/c1-13-4-6-18(21)8-16(13)9-19-14(2)23-20-7-5-15(12-25(19)20)17-10-22-24(3)11-17/h4-8,10-12H,9H2,1-3H3. The van der Waals surface area contributed by atoms with Gasteiger partial charge in [-0.3, -0.25) is 4.68 Å². The molecule has 0 unspecified atom stereocenters.